The summed E-state index contributed by atoms with van der Waals surface area (Å²) < 4.78 is 0. The Morgan fingerprint density at radius 2 is 1.33 bits per heavy atom. The van der Waals surface area contributed by atoms with Gasteiger partial charge in [0, 0.05) is 124 Å². The first-order valence-corrected chi connectivity index (χ1v) is 31.2. The largest absolute Gasteiger partial charge is 0.370 e. The number of Topliss-reactive ketones (excluding diaryl/α,β-unsaturated/α-hetero) is 5. The highest BCUT2D eigenvalue weighted by molar-refractivity contribution is 7.98. The standard InChI is InChI=1S/C59H88N14O10S3/c1-33(2)23-40(56(82)68-48(54(61)80)20-22-86-9)28-52(78)39(24-42-31-63-32-66-42)26-44(75)17-18-50(76)46(34(3)4)29-51(77)37(7)67-57(83)49(27-41-30-65-47-15-11-10-14-45(41)47)69-55(81)38(16-19-53(60)79)25-43(74)13-12-21-64-59(85)73-71-36(6)35(5)70-72-58(84)62-8/h10-11,14-15,30-34,37-40,46,48-49,65H,12-13,16-29H2,1-9H3,(H2,60,79)(H2,61,80)(H,63,66)(H,67,83)(H,68,82)(H,69,81)(H2,62,72,84)(H2,64,73,85)/b70-35+,71-36+. The Kier molecular flexibility index (Phi) is 32.3. The van der Waals surface area contributed by atoms with Crippen LogP contribution in [0.4, 0.5) is 0 Å². The third kappa shape index (κ3) is 26.6. The van der Waals surface area contributed by atoms with Crippen LogP contribution in [0.2, 0.25) is 0 Å². The summed E-state index contributed by atoms with van der Waals surface area (Å²) in [6.45, 7) is 12.6. The lowest BCUT2D eigenvalue weighted by Gasteiger charge is -2.25. The van der Waals surface area contributed by atoms with Crippen molar-refractivity contribution in [3.63, 3.8) is 0 Å². The van der Waals surface area contributed by atoms with E-state index in [1.54, 1.807) is 47.1 Å². The molecule has 2 aromatic heterocycles. The number of H-pyrrole nitrogens is 2. The number of ketones is 5. The maximum atomic E-state index is 14.3. The number of amides is 5. The summed E-state index contributed by atoms with van der Waals surface area (Å²) in [5, 5.41) is 23.6. The predicted molar refractivity (Wildman–Crippen MR) is 341 cm³/mol. The van der Waals surface area contributed by atoms with Crippen LogP contribution in [0.5, 0.6) is 0 Å². The first-order valence-electron chi connectivity index (χ1n) is 28.9. The number of hydrogen-bond acceptors (Lipinski definition) is 16. The summed E-state index contributed by atoms with van der Waals surface area (Å²) in [6.07, 6.45) is 6.03. The SMILES string of the molecule is CNC(=S)N/N=C(C)/C(C)=N/NC(=S)NCCCC(=O)CC(CCC(N)=O)C(=O)NC(Cc1c[nH]c2ccccc12)C(=O)NC(C)C(=O)CC(C(=O)CCC(=O)CC(Cc1cnc[nH]1)C(=O)CC(CC(C)C)C(=O)NC(CCSC)C(N)=O)C(C)C. The summed E-state index contributed by atoms with van der Waals surface area (Å²) in [6, 6.07) is 4.04. The molecule has 0 aliphatic rings. The van der Waals surface area contributed by atoms with Gasteiger partial charge in [0.2, 0.25) is 29.5 Å². The normalized spacial score (nSPS) is 14.2. The summed E-state index contributed by atoms with van der Waals surface area (Å²) in [5.41, 5.74) is 19.6. The van der Waals surface area contributed by atoms with Crippen LogP contribution in [0, 0.1) is 35.5 Å². The minimum atomic E-state index is -1.27. The van der Waals surface area contributed by atoms with E-state index in [9.17, 15) is 47.9 Å². The van der Waals surface area contributed by atoms with Gasteiger partial charge in [-0.3, -0.25) is 58.8 Å². The van der Waals surface area contributed by atoms with Crippen molar-refractivity contribution in [3.8, 4) is 0 Å². The minimum Gasteiger partial charge on any atom is -0.370 e. The van der Waals surface area contributed by atoms with Crippen LogP contribution in [-0.4, -0.2) is 139 Å². The van der Waals surface area contributed by atoms with Crippen LogP contribution in [0.3, 0.4) is 0 Å². The number of fused-ring (bicyclic) bond motifs is 1. The van der Waals surface area contributed by atoms with Crippen molar-refractivity contribution in [1.82, 2.24) is 52.4 Å². The Hall–Kier alpha value is -7.26. The molecular formula is C59H88N14O10S3. The number of hydrazone groups is 2. The van der Waals surface area contributed by atoms with Gasteiger partial charge in [0.05, 0.1) is 23.8 Å². The smallest absolute Gasteiger partial charge is 0.243 e. The molecule has 0 radical (unpaired) electrons. The number of aromatic amines is 2. The monoisotopic (exact) mass is 1250 g/mol. The molecule has 86 heavy (non-hydrogen) atoms. The molecule has 0 spiro atoms. The number of imidazole rings is 1. The minimum absolute atomic E-state index is 0.0169. The van der Waals surface area contributed by atoms with Gasteiger partial charge in [0.15, 0.2) is 16.0 Å². The van der Waals surface area contributed by atoms with E-state index in [0.717, 1.165) is 10.9 Å². The van der Waals surface area contributed by atoms with Crippen LogP contribution >= 0.6 is 36.2 Å². The van der Waals surface area contributed by atoms with E-state index in [-0.39, 0.29) is 117 Å². The van der Waals surface area contributed by atoms with Gasteiger partial charge in [-0.2, -0.15) is 22.0 Å². The van der Waals surface area contributed by atoms with Gasteiger partial charge in [-0.1, -0.05) is 45.9 Å². The third-order valence-electron chi connectivity index (χ3n) is 14.6. The van der Waals surface area contributed by atoms with E-state index in [4.69, 9.17) is 35.9 Å². The van der Waals surface area contributed by atoms with Crippen LogP contribution < -0.4 is 48.9 Å². The fourth-order valence-corrected chi connectivity index (χ4v) is 10.1. The van der Waals surface area contributed by atoms with Gasteiger partial charge < -0.3 is 48.0 Å². The fourth-order valence-electron chi connectivity index (χ4n) is 9.42. The third-order valence-corrected chi connectivity index (χ3v) is 15.7. The number of rotatable bonds is 41. The maximum Gasteiger partial charge on any atom is 0.243 e. The number of carbonyl (C=O) groups is 10. The van der Waals surface area contributed by atoms with Crippen molar-refractivity contribution < 1.29 is 47.9 Å². The number of nitrogens with two attached hydrogens (primary N) is 2. The molecular weight excluding hydrogens is 1160 g/mol. The lowest BCUT2D eigenvalue weighted by molar-refractivity contribution is -0.135. The average molecular weight is 1250 g/mol. The fraction of sp³-hybridized carbons (Fsp3) is 0.576. The second-order valence-electron chi connectivity index (χ2n) is 22.3. The molecule has 24 nitrogen and oxygen atoms in total. The number of thiocarbonyl (C=S) groups is 2. The van der Waals surface area contributed by atoms with Gasteiger partial charge in [0.25, 0.3) is 0 Å². The van der Waals surface area contributed by atoms with Crippen LogP contribution in [0.1, 0.15) is 137 Å². The number of carbonyl (C=O) groups excluding carboxylic acids is 10. The van der Waals surface area contributed by atoms with E-state index < -0.39 is 77.1 Å². The second-order valence-corrected chi connectivity index (χ2v) is 24.1. The quantitative estimate of drug-likeness (QED) is 0.0165. The number of thioether (sulfide) groups is 1. The van der Waals surface area contributed by atoms with Crippen molar-refractivity contribution >= 4 is 127 Å². The molecule has 2 heterocycles. The Balaban J connectivity index is 1.71. The Bertz CT molecular complexity index is 2890. The molecule has 13 N–H and O–H groups in total. The van der Waals surface area contributed by atoms with Crippen molar-refractivity contribution in [2.24, 2.45) is 57.2 Å². The molecule has 0 bridgehead atoms. The van der Waals surface area contributed by atoms with Crippen molar-refractivity contribution in [1.29, 1.82) is 0 Å². The zero-order valence-electron chi connectivity index (χ0n) is 50.9. The van der Waals surface area contributed by atoms with Crippen LogP contribution in [0.15, 0.2) is 53.2 Å². The van der Waals surface area contributed by atoms with Crippen molar-refractivity contribution in [2.75, 3.05) is 25.6 Å². The zero-order chi connectivity index (χ0) is 64.0. The number of primary amides is 2. The van der Waals surface area contributed by atoms with Crippen molar-refractivity contribution in [2.45, 2.75) is 156 Å². The topological polar surface area (TPSA) is 376 Å². The summed E-state index contributed by atoms with van der Waals surface area (Å²) >= 11 is 11.8. The first kappa shape index (κ1) is 73.0. The van der Waals surface area contributed by atoms with Crippen LogP contribution in [-0.2, 0) is 60.8 Å². The van der Waals surface area contributed by atoms with E-state index in [1.807, 2.05) is 44.4 Å². The van der Waals surface area contributed by atoms with E-state index >= 15 is 0 Å². The highest BCUT2D eigenvalue weighted by Gasteiger charge is 2.34. The highest BCUT2D eigenvalue weighted by Crippen LogP contribution is 2.26. The van der Waals surface area contributed by atoms with E-state index in [0.29, 0.717) is 52.8 Å². The molecule has 3 rings (SSSR count). The molecule has 0 aliphatic heterocycles. The number of para-hydroxylation sites is 1. The maximum absolute atomic E-state index is 14.3. The molecule has 3 aromatic rings. The molecule has 5 amide bonds. The Morgan fingerprint density at radius 1 is 0.686 bits per heavy atom. The van der Waals surface area contributed by atoms with Crippen molar-refractivity contribution in [3.05, 3.63) is 54.2 Å². The number of nitrogens with zero attached hydrogens (tertiary/aromatic N) is 3. The number of aromatic nitrogens is 3. The molecule has 472 valence electrons. The van der Waals surface area contributed by atoms with Gasteiger partial charge >= 0.3 is 0 Å². The Morgan fingerprint density at radius 3 is 1.94 bits per heavy atom. The van der Waals surface area contributed by atoms with E-state index in [2.05, 4.69) is 62.6 Å². The lowest BCUT2D eigenvalue weighted by atomic mass is 9.82. The molecule has 7 unspecified atom stereocenters. The molecule has 27 heteroatoms. The number of benzene rings is 1. The first-order chi connectivity index (χ1) is 40.7. The highest BCUT2D eigenvalue weighted by atomic mass is 32.2. The summed E-state index contributed by atoms with van der Waals surface area (Å²) in [5.74, 6) is -8.36. The summed E-state index contributed by atoms with van der Waals surface area (Å²) in [7, 11) is 1.66. The molecule has 0 fully saturated rings. The van der Waals surface area contributed by atoms with Gasteiger partial charge in [0.1, 0.15) is 35.2 Å². The predicted octanol–water partition coefficient (Wildman–Crippen LogP) is 4.10. The van der Waals surface area contributed by atoms with E-state index in [1.165, 1.54) is 25.0 Å². The summed E-state index contributed by atoms with van der Waals surface area (Å²) in [4.78, 5) is 146. The van der Waals surface area contributed by atoms with Gasteiger partial charge in [-0.05, 0) is 113 Å². The van der Waals surface area contributed by atoms with Gasteiger partial charge in [-0.25, -0.2) is 4.98 Å². The number of nitrogens with one attached hydrogen (secondary N) is 9. The average Bonchev–Trinajstić information content (AvgIpc) is 2.92. The number of hydrogen-bond donors (Lipinski definition) is 11. The molecule has 0 saturated heterocycles. The zero-order valence-corrected chi connectivity index (χ0v) is 53.3. The lowest BCUT2D eigenvalue weighted by Crippen LogP contribution is -2.53. The van der Waals surface area contributed by atoms with Gasteiger partial charge in [-0.15, -0.1) is 0 Å². The molecule has 7 atom stereocenters. The molecule has 0 saturated carbocycles. The Labute approximate surface area is 518 Å². The second kappa shape index (κ2) is 38.0. The molecule has 0 aliphatic carbocycles. The molecule has 1 aromatic carbocycles. The van der Waals surface area contributed by atoms with Crippen LogP contribution in [0.25, 0.3) is 10.9 Å².